The number of thioether (sulfide) groups is 1. The molecule has 2 aromatic rings. The summed E-state index contributed by atoms with van der Waals surface area (Å²) in [6.45, 7) is 2.75. The number of nitrogens with one attached hydrogen (secondary N) is 1. The molecule has 35 heavy (non-hydrogen) atoms. The maximum Gasteiger partial charge on any atom is 0.253 e. The summed E-state index contributed by atoms with van der Waals surface area (Å²) in [7, 11) is 0. The van der Waals surface area contributed by atoms with Crippen LogP contribution in [0.25, 0.3) is 0 Å². The second kappa shape index (κ2) is 9.60. The number of anilines is 1. The van der Waals surface area contributed by atoms with Crippen molar-refractivity contribution in [2.24, 2.45) is 11.8 Å². The number of unbranched alkanes of at least 4 members (excludes halogenated alkanes) is 1. The van der Waals surface area contributed by atoms with Gasteiger partial charge in [-0.3, -0.25) is 24.6 Å². The lowest BCUT2D eigenvalue weighted by molar-refractivity contribution is -0.143. The van der Waals surface area contributed by atoms with Gasteiger partial charge in [-0.2, -0.15) is 11.8 Å². The van der Waals surface area contributed by atoms with E-state index in [0.29, 0.717) is 24.5 Å². The summed E-state index contributed by atoms with van der Waals surface area (Å²) in [5.74, 6) is -0.993. The molecular formula is C27H30ClN3O3S. The number of amides is 3. The van der Waals surface area contributed by atoms with E-state index in [-0.39, 0.29) is 23.8 Å². The van der Waals surface area contributed by atoms with E-state index < -0.39 is 17.4 Å². The molecule has 3 heterocycles. The summed E-state index contributed by atoms with van der Waals surface area (Å²) in [5.41, 5.74) is 1.12. The Bertz CT molecular complexity index is 1170. The van der Waals surface area contributed by atoms with Crippen LogP contribution in [0.3, 0.4) is 0 Å². The number of likely N-dealkylation sites (tertiary alicyclic amines) is 1. The lowest BCUT2D eigenvalue weighted by atomic mass is 9.76. The third-order valence-electron chi connectivity index (χ3n) is 7.61. The number of para-hydroxylation sites is 1. The highest BCUT2D eigenvalue weighted by atomic mass is 35.5. The van der Waals surface area contributed by atoms with Crippen LogP contribution in [0.1, 0.15) is 37.3 Å². The Morgan fingerprint density at radius 3 is 2.51 bits per heavy atom. The van der Waals surface area contributed by atoms with Crippen molar-refractivity contribution in [3.8, 4) is 0 Å². The Labute approximate surface area is 215 Å². The Morgan fingerprint density at radius 2 is 1.77 bits per heavy atom. The van der Waals surface area contributed by atoms with Gasteiger partial charge in [0.1, 0.15) is 5.54 Å². The summed E-state index contributed by atoms with van der Waals surface area (Å²) < 4.78 is 0. The van der Waals surface area contributed by atoms with E-state index in [1.807, 2.05) is 61.7 Å². The number of rotatable bonds is 8. The second-order valence-electron chi connectivity index (χ2n) is 9.53. The number of imide groups is 1. The monoisotopic (exact) mass is 511 g/mol. The molecule has 184 valence electrons. The minimum Gasteiger partial charge on any atom is -0.306 e. The van der Waals surface area contributed by atoms with Gasteiger partial charge in [-0.05, 0) is 42.5 Å². The van der Waals surface area contributed by atoms with Crippen molar-refractivity contribution in [2.75, 3.05) is 23.5 Å². The average Bonchev–Trinajstić information content (AvgIpc) is 3.42. The molecule has 2 aromatic carbocycles. The van der Waals surface area contributed by atoms with Gasteiger partial charge >= 0.3 is 0 Å². The number of carbonyl (C=O) groups excluding carboxylic acids is 3. The predicted molar refractivity (Wildman–Crippen MR) is 139 cm³/mol. The minimum absolute atomic E-state index is 0.140. The Hall–Kier alpha value is -2.35. The van der Waals surface area contributed by atoms with Gasteiger partial charge in [0.25, 0.3) is 5.91 Å². The molecule has 0 bridgehead atoms. The predicted octanol–water partition coefficient (Wildman–Crippen LogP) is 4.21. The molecule has 0 aliphatic carbocycles. The molecule has 3 amide bonds. The topological polar surface area (TPSA) is 69.7 Å². The first kappa shape index (κ1) is 24.3. The zero-order valence-corrected chi connectivity index (χ0v) is 21.6. The molecule has 3 aliphatic rings. The van der Waals surface area contributed by atoms with Crippen LogP contribution < -0.4 is 10.2 Å². The molecule has 5 rings (SSSR count). The van der Waals surface area contributed by atoms with E-state index in [2.05, 4.69) is 5.32 Å². The Morgan fingerprint density at radius 1 is 1.03 bits per heavy atom. The van der Waals surface area contributed by atoms with Crippen LogP contribution in [0.4, 0.5) is 5.69 Å². The molecular weight excluding hydrogens is 482 g/mol. The van der Waals surface area contributed by atoms with E-state index in [1.54, 1.807) is 16.7 Å². The molecule has 8 heteroatoms. The summed E-state index contributed by atoms with van der Waals surface area (Å²) in [4.78, 5) is 44.9. The normalized spacial score (nSPS) is 27.3. The van der Waals surface area contributed by atoms with Crippen LogP contribution in [0.15, 0.2) is 48.5 Å². The van der Waals surface area contributed by atoms with E-state index in [0.717, 1.165) is 35.4 Å². The fraction of sp³-hybridized carbons (Fsp3) is 0.444. The number of halogens is 1. The number of hydrogen-bond acceptors (Lipinski definition) is 5. The third-order valence-corrected chi connectivity index (χ3v) is 8.62. The van der Waals surface area contributed by atoms with Crippen molar-refractivity contribution in [1.29, 1.82) is 0 Å². The molecule has 1 spiro atoms. The summed E-state index contributed by atoms with van der Waals surface area (Å²) >= 11 is 8.15. The molecule has 1 N–H and O–H groups in total. The average molecular weight is 512 g/mol. The lowest BCUT2D eigenvalue weighted by Gasteiger charge is -2.30. The number of nitrogens with zero attached hydrogens (tertiary/aromatic N) is 2. The van der Waals surface area contributed by atoms with Crippen LogP contribution in [0.2, 0.25) is 5.02 Å². The first-order valence-electron chi connectivity index (χ1n) is 12.2. The largest absolute Gasteiger partial charge is 0.306 e. The fourth-order valence-corrected chi connectivity index (χ4v) is 6.68. The van der Waals surface area contributed by atoms with Crippen LogP contribution in [-0.4, -0.2) is 47.2 Å². The van der Waals surface area contributed by atoms with Crippen molar-refractivity contribution in [2.45, 2.75) is 44.3 Å². The summed E-state index contributed by atoms with van der Waals surface area (Å²) in [6.07, 6.45) is 4.39. The smallest absolute Gasteiger partial charge is 0.253 e. The third kappa shape index (κ3) is 3.71. The maximum atomic E-state index is 14.4. The van der Waals surface area contributed by atoms with Gasteiger partial charge in [-0.1, -0.05) is 61.3 Å². The van der Waals surface area contributed by atoms with E-state index in [4.69, 9.17) is 11.6 Å². The van der Waals surface area contributed by atoms with Crippen LogP contribution >= 0.6 is 23.4 Å². The van der Waals surface area contributed by atoms with Gasteiger partial charge < -0.3 is 4.90 Å². The van der Waals surface area contributed by atoms with Gasteiger partial charge in [0, 0.05) is 28.9 Å². The highest BCUT2D eigenvalue weighted by molar-refractivity contribution is 7.98. The van der Waals surface area contributed by atoms with Crippen LogP contribution in [0, 0.1) is 11.8 Å². The summed E-state index contributed by atoms with van der Waals surface area (Å²) in [5, 5.41) is 4.16. The van der Waals surface area contributed by atoms with E-state index in [1.165, 1.54) is 4.90 Å². The van der Waals surface area contributed by atoms with Crippen molar-refractivity contribution < 1.29 is 14.4 Å². The van der Waals surface area contributed by atoms with Gasteiger partial charge in [0.15, 0.2) is 0 Å². The van der Waals surface area contributed by atoms with Crippen LogP contribution in [0.5, 0.6) is 0 Å². The number of benzene rings is 2. The second-order valence-corrected chi connectivity index (χ2v) is 10.9. The van der Waals surface area contributed by atoms with Gasteiger partial charge in [-0.25, -0.2) is 0 Å². The number of carbonyl (C=O) groups is 3. The SMILES string of the molecule is CCCCN1C(=O)[C@@H]2[C@H](CCSC)N[C@@]3(C(=O)N(Cc4ccccc4Cl)c4ccccc43)[C@H]2C1=O. The van der Waals surface area contributed by atoms with E-state index in [9.17, 15) is 14.4 Å². The minimum atomic E-state index is -1.25. The summed E-state index contributed by atoms with van der Waals surface area (Å²) in [6, 6.07) is 14.9. The molecule has 6 nitrogen and oxygen atoms in total. The molecule has 0 unspecified atom stereocenters. The van der Waals surface area contributed by atoms with Crippen molar-refractivity contribution in [3.05, 3.63) is 64.7 Å². The molecule has 0 aromatic heterocycles. The lowest BCUT2D eigenvalue weighted by Crippen LogP contribution is -2.55. The molecule has 2 fully saturated rings. The molecule has 3 aliphatic heterocycles. The van der Waals surface area contributed by atoms with Crippen molar-refractivity contribution >= 4 is 46.8 Å². The fourth-order valence-electron chi connectivity index (χ4n) is 5.99. The molecule has 2 saturated heterocycles. The Kier molecular flexibility index (Phi) is 6.68. The van der Waals surface area contributed by atoms with Crippen LogP contribution in [-0.2, 0) is 26.5 Å². The molecule has 0 saturated carbocycles. The van der Waals surface area contributed by atoms with Crippen molar-refractivity contribution in [3.63, 3.8) is 0 Å². The highest BCUT2D eigenvalue weighted by Crippen LogP contribution is 2.55. The maximum absolute atomic E-state index is 14.4. The highest BCUT2D eigenvalue weighted by Gasteiger charge is 2.71. The first-order valence-corrected chi connectivity index (χ1v) is 14.0. The van der Waals surface area contributed by atoms with Crippen molar-refractivity contribution in [1.82, 2.24) is 10.2 Å². The zero-order valence-electron chi connectivity index (χ0n) is 20.0. The standard InChI is InChI=1S/C27H30ClN3O3S/c1-3-4-14-30-24(32)22-20(13-15-35-2)29-27(23(22)25(30)33)18-10-6-8-12-21(18)31(26(27)34)16-17-9-5-7-11-19(17)28/h5-12,20,22-23,29H,3-4,13-16H2,1-2H3/t20-,22+,23+,27+/m0/s1. The quantitative estimate of drug-likeness (QED) is 0.538. The molecule has 4 atom stereocenters. The zero-order chi connectivity index (χ0) is 24.7. The van der Waals surface area contributed by atoms with Gasteiger partial charge in [0.05, 0.1) is 18.4 Å². The first-order chi connectivity index (χ1) is 17.0. The van der Waals surface area contributed by atoms with E-state index >= 15 is 0 Å². The number of fused-ring (bicyclic) bond motifs is 4. The van der Waals surface area contributed by atoms with Gasteiger partial charge in [-0.15, -0.1) is 0 Å². The Balaban J connectivity index is 1.61. The molecule has 0 radical (unpaired) electrons. The van der Waals surface area contributed by atoms with Gasteiger partial charge in [0.2, 0.25) is 11.8 Å². The number of hydrogen-bond donors (Lipinski definition) is 1.